The Labute approximate surface area is 119 Å². The molecule has 1 saturated heterocycles. The van der Waals surface area contributed by atoms with E-state index < -0.39 is 17.8 Å². The standard InChI is InChI=1S/C13H13N3O5/c1-20-10-5-7(2-3-9(10)21-6-11(14)17)4-8-12(18)16-13(19)15-8/h2-5H,6H2,1H3,(H2,14,17)(H2,15,16,18,19). The molecule has 21 heavy (non-hydrogen) atoms. The fraction of sp³-hybridized carbons (Fsp3) is 0.154. The van der Waals surface area contributed by atoms with E-state index in [0.29, 0.717) is 17.1 Å². The van der Waals surface area contributed by atoms with Crippen molar-refractivity contribution in [3.63, 3.8) is 0 Å². The molecule has 1 aromatic carbocycles. The van der Waals surface area contributed by atoms with Gasteiger partial charge in [0.1, 0.15) is 5.70 Å². The SMILES string of the molecule is COc1cc(C=C2NC(=O)NC2=O)ccc1OCC(N)=O. The second kappa shape index (κ2) is 5.95. The van der Waals surface area contributed by atoms with E-state index in [1.54, 1.807) is 18.2 Å². The molecule has 1 heterocycles. The van der Waals surface area contributed by atoms with E-state index in [9.17, 15) is 14.4 Å². The molecule has 0 aromatic heterocycles. The van der Waals surface area contributed by atoms with Crippen LogP contribution in [0.1, 0.15) is 5.56 Å². The third-order valence-electron chi connectivity index (χ3n) is 2.59. The lowest BCUT2D eigenvalue weighted by molar-refractivity contribution is -0.120. The number of hydrogen-bond acceptors (Lipinski definition) is 5. The molecule has 1 aromatic rings. The van der Waals surface area contributed by atoms with Crippen LogP contribution in [0.4, 0.5) is 4.79 Å². The number of ether oxygens (including phenoxy) is 2. The summed E-state index contributed by atoms with van der Waals surface area (Å²) >= 11 is 0. The number of methoxy groups -OCH3 is 1. The van der Waals surface area contributed by atoms with Gasteiger partial charge in [-0.3, -0.25) is 14.9 Å². The molecule has 8 heteroatoms. The topological polar surface area (TPSA) is 120 Å². The third-order valence-corrected chi connectivity index (χ3v) is 2.59. The number of rotatable bonds is 5. The first kappa shape index (κ1) is 14.4. The summed E-state index contributed by atoms with van der Waals surface area (Å²) in [7, 11) is 1.44. The van der Waals surface area contributed by atoms with Gasteiger partial charge in [0.15, 0.2) is 18.1 Å². The summed E-state index contributed by atoms with van der Waals surface area (Å²) < 4.78 is 10.3. The monoisotopic (exact) mass is 291 g/mol. The summed E-state index contributed by atoms with van der Waals surface area (Å²) in [4.78, 5) is 33.1. The Morgan fingerprint density at radius 3 is 2.62 bits per heavy atom. The summed E-state index contributed by atoms with van der Waals surface area (Å²) in [5.41, 5.74) is 5.75. The summed E-state index contributed by atoms with van der Waals surface area (Å²) in [6.45, 7) is -0.269. The van der Waals surface area contributed by atoms with Crippen molar-refractivity contribution in [1.82, 2.24) is 10.6 Å². The van der Waals surface area contributed by atoms with Gasteiger partial charge in [0, 0.05) is 0 Å². The number of nitrogens with one attached hydrogen (secondary N) is 2. The molecule has 0 aliphatic carbocycles. The highest BCUT2D eigenvalue weighted by atomic mass is 16.5. The van der Waals surface area contributed by atoms with Gasteiger partial charge in [0.25, 0.3) is 11.8 Å². The lowest BCUT2D eigenvalue weighted by Crippen LogP contribution is -2.22. The highest BCUT2D eigenvalue weighted by molar-refractivity contribution is 6.14. The van der Waals surface area contributed by atoms with Crippen LogP contribution < -0.4 is 25.8 Å². The molecular formula is C13H13N3O5. The molecular weight excluding hydrogens is 278 g/mol. The van der Waals surface area contributed by atoms with Crippen molar-refractivity contribution < 1.29 is 23.9 Å². The van der Waals surface area contributed by atoms with Gasteiger partial charge < -0.3 is 20.5 Å². The van der Waals surface area contributed by atoms with Gasteiger partial charge in [-0.25, -0.2) is 4.79 Å². The second-order valence-electron chi connectivity index (χ2n) is 4.13. The molecule has 0 bridgehead atoms. The van der Waals surface area contributed by atoms with Gasteiger partial charge in [-0.2, -0.15) is 0 Å². The van der Waals surface area contributed by atoms with Crippen LogP contribution >= 0.6 is 0 Å². The zero-order chi connectivity index (χ0) is 15.4. The van der Waals surface area contributed by atoms with Crippen molar-refractivity contribution in [1.29, 1.82) is 0 Å². The minimum Gasteiger partial charge on any atom is -0.493 e. The molecule has 110 valence electrons. The maximum absolute atomic E-state index is 11.4. The first-order valence-electron chi connectivity index (χ1n) is 5.93. The Morgan fingerprint density at radius 1 is 1.29 bits per heavy atom. The molecule has 0 atom stereocenters. The van der Waals surface area contributed by atoms with Crippen LogP contribution in [0.2, 0.25) is 0 Å². The molecule has 4 amide bonds. The van der Waals surface area contributed by atoms with Crippen LogP contribution in [-0.4, -0.2) is 31.6 Å². The minimum absolute atomic E-state index is 0.132. The van der Waals surface area contributed by atoms with E-state index in [1.165, 1.54) is 13.2 Å². The van der Waals surface area contributed by atoms with E-state index in [0.717, 1.165) is 0 Å². The van der Waals surface area contributed by atoms with Crippen molar-refractivity contribution in [3.05, 3.63) is 29.5 Å². The number of carbonyl (C=O) groups is 3. The van der Waals surface area contributed by atoms with Crippen molar-refractivity contribution in [3.8, 4) is 11.5 Å². The average Bonchev–Trinajstić information content (AvgIpc) is 2.75. The number of carbonyl (C=O) groups excluding carboxylic acids is 3. The predicted molar refractivity (Wildman–Crippen MR) is 72.3 cm³/mol. The Morgan fingerprint density at radius 2 is 2.05 bits per heavy atom. The van der Waals surface area contributed by atoms with E-state index in [4.69, 9.17) is 15.2 Å². The number of urea groups is 1. The smallest absolute Gasteiger partial charge is 0.326 e. The van der Waals surface area contributed by atoms with Crippen LogP contribution in [-0.2, 0) is 9.59 Å². The van der Waals surface area contributed by atoms with Crippen molar-refractivity contribution in [2.75, 3.05) is 13.7 Å². The largest absolute Gasteiger partial charge is 0.493 e. The Balaban J connectivity index is 2.23. The number of amides is 4. The zero-order valence-corrected chi connectivity index (χ0v) is 11.1. The van der Waals surface area contributed by atoms with Gasteiger partial charge in [-0.15, -0.1) is 0 Å². The summed E-state index contributed by atoms with van der Waals surface area (Å²) in [6, 6.07) is 4.24. The van der Waals surface area contributed by atoms with Crippen LogP contribution in [0, 0.1) is 0 Å². The number of imide groups is 1. The van der Waals surface area contributed by atoms with Crippen molar-refractivity contribution in [2.45, 2.75) is 0 Å². The molecule has 8 nitrogen and oxygen atoms in total. The van der Waals surface area contributed by atoms with Crippen molar-refractivity contribution in [2.24, 2.45) is 5.73 Å². The van der Waals surface area contributed by atoms with Gasteiger partial charge in [0.2, 0.25) is 0 Å². The molecule has 4 N–H and O–H groups in total. The number of hydrogen-bond donors (Lipinski definition) is 3. The fourth-order valence-electron chi connectivity index (χ4n) is 1.69. The van der Waals surface area contributed by atoms with Crippen molar-refractivity contribution >= 4 is 23.9 Å². The van der Waals surface area contributed by atoms with Gasteiger partial charge in [0.05, 0.1) is 7.11 Å². The maximum atomic E-state index is 11.4. The molecule has 0 radical (unpaired) electrons. The van der Waals surface area contributed by atoms with Gasteiger partial charge in [-0.05, 0) is 23.8 Å². The van der Waals surface area contributed by atoms with Crippen LogP contribution in [0.3, 0.4) is 0 Å². The molecule has 1 fully saturated rings. The molecule has 1 aliphatic heterocycles. The third kappa shape index (κ3) is 3.50. The molecule has 2 rings (SSSR count). The normalized spacial score (nSPS) is 15.6. The fourth-order valence-corrected chi connectivity index (χ4v) is 1.69. The number of benzene rings is 1. The summed E-state index contributed by atoms with van der Waals surface area (Å²) in [6.07, 6.45) is 1.49. The van der Waals surface area contributed by atoms with E-state index in [-0.39, 0.29) is 12.3 Å². The van der Waals surface area contributed by atoms with Gasteiger partial charge in [-0.1, -0.05) is 6.07 Å². The maximum Gasteiger partial charge on any atom is 0.326 e. The number of nitrogens with two attached hydrogens (primary N) is 1. The lowest BCUT2D eigenvalue weighted by atomic mass is 10.1. The summed E-state index contributed by atoms with van der Waals surface area (Å²) in [5, 5.41) is 4.47. The molecule has 1 aliphatic rings. The Hall–Kier alpha value is -3.03. The zero-order valence-electron chi connectivity index (χ0n) is 11.1. The van der Waals surface area contributed by atoms with Gasteiger partial charge >= 0.3 is 6.03 Å². The van der Waals surface area contributed by atoms with Crippen LogP contribution in [0.25, 0.3) is 6.08 Å². The highest BCUT2D eigenvalue weighted by Gasteiger charge is 2.22. The van der Waals surface area contributed by atoms with E-state index in [1.807, 2.05) is 0 Å². The molecule has 0 unspecified atom stereocenters. The first-order chi connectivity index (χ1) is 9.99. The molecule has 0 saturated carbocycles. The van der Waals surface area contributed by atoms with Crippen LogP contribution in [0.15, 0.2) is 23.9 Å². The number of primary amides is 1. The Bertz CT molecular complexity index is 639. The predicted octanol–water partition coefficient (Wildman–Crippen LogP) is -0.260. The molecule has 0 spiro atoms. The highest BCUT2D eigenvalue weighted by Crippen LogP contribution is 2.28. The first-order valence-corrected chi connectivity index (χ1v) is 5.93. The average molecular weight is 291 g/mol. The van der Waals surface area contributed by atoms with E-state index in [2.05, 4.69) is 10.6 Å². The quantitative estimate of drug-likeness (QED) is 0.510. The van der Waals surface area contributed by atoms with Crippen LogP contribution in [0.5, 0.6) is 11.5 Å². The minimum atomic E-state index is -0.603. The second-order valence-corrected chi connectivity index (χ2v) is 4.13. The van der Waals surface area contributed by atoms with E-state index >= 15 is 0 Å². The Kier molecular flexibility index (Phi) is 4.07. The summed E-state index contributed by atoms with van der Waals surface area (Å²) in [5.74, 6) is -0.393. The lowest BCUT2D eigenvalue weighted by Gasteiger charge is -2.10.